The first kappa shape index (κ1) is 18.2. The third-order valence-corrected chi connectivity index (χ3v) is 4.93. The lowest BCUT2D eigenvalue weighted by molar-refractivity contribution is 0.0695. The lowest BCUT2D eigenvalue weighted by Crippen LogP contribution is -2.30. The predicted molar refractivity (Wildman–Crippen MR) is 97.0 cm³/mol. The molecule has 26 heavy (non-hydrogen) atoms. The summed E-state index contributed by atoms with van der Waals surface area (Å²) in [5, 5.41) is 12.5. The summed E-state index contributed by atoms with van der Waals surface area (Å²) in [6, 6.07) is 1.37. The van der Waals surface area contributed by atoms with Crippen LogP contribution in [0.25, 0.3) is 10.9 Å². The molecule has 1 aliphatic rings. The van der Waals surface area contributed by atoms with Gasteiger partial charge in [0.1, 0.15) is 11.3 Å². The number of fused-ring (bicyclic) bond motifs is 1. The van der Waals surface area contributed by atoms with Crippen LogP contribution >= 0.6 is 0 Å². The number of nitrogens with one attached hydrogen (secondary N) is 1. The van der Waals surface area contributed by atoms with Crippen LogP contribution in [0.3, 0.4) is 0 Å². The van der Waals surface area contributed by atoms with Crippen LogP contribution in [0.15, 0.2) is 17.1 Å². The zero-order valence-corrected chi connectivity index (χ0v) is 15.0. The molecule has 140 valence electrons. The summed E-state index contributed by atoms with van der Waals surface area (Å²) in [7, 11) is 3.29. The van der Waals surface area contributed by atoms with Crippen LogP contribution in [0.5, 0.6) is 5.75 Å². The van der Waals surface area contributed by atoms with Gasteiger partial charge in [0.25, 0.3) is 0 Å². The van der Waals surface area contributed by atoms with Crippen molar-refractivity contribution in [2.45, 2.75) is 25.9 Å². The van der Waals surface area contributed by atoms with E-state index >= 15 is 0 Å². The summed E-state index contributed by atoms with van der Waals surface area (Å²) in [6.45, 7) is 3.52. The number of carboxylic acids is 1. The van der Waals surface area contributed by atoms with E-state index in [1.165, 1.54) is 13.3 Å². The highest BCUT2D eigenvalue weighted by molar-refractivity contribution is 5.97. The first-order valence-corrected chi connectivity index (χ1v) is 8.52. The topological polar surface area (TPSA) is 83.8 Å². The fourth-order valence-electron chi connectivity index (χ4n) is 3.58. The molecule has 2 N–H and O–H groups in total. The number of hydrogen-bond donors (Lipinski definition) is 2. The maximum Gasteiger partial charge on any atom is 0.341 e. The molecular formula is C18H22FN3O4. The van der Waals surface area contributed by atoms with Crippen molar-refractivity contribution in [3.8, 4) is 5.75 Å². The first-order chi connectivity index (χ1) is 12.4. The van der Waals surface area contributed by atoms with E-state index in [-0.39, 0.29) is 22.7 Å². The highest BCUT2D eigenvalue weighted by atomic mass is 19.1. The standard InChI is InChI=1S/C18H22FN3O4/c1-4-21-9-12(18(24)25)16(23)11-7-13(19)15(17(26-3)14(11)21)22-6-5-10(8-22)20-2/h7,9-10,20H,4-6,8H2,1-3H3,(H,24,25). The number of methoxy groups -OCH3 is 1. The van der Waals surface area contributed by atoms with Gasteiger partial charge >= 0.3 is 5.97 Å². The number of likely N-dealkylation sites (N-methyl/N-ethyl adjacent to an activating group) is 1. The molecule has 0 aliphatic carbocycles. The van der Waals surface area contributed by atoms with E-state index in [0.717, 1.165) is 12.5 Å². The molecule has 1 fully saturated rings. The molecule has 3 rings (SSSR count). The van der Waals surface area contributed by atoms with E-state index in [4.69, 9.17) is 4.74 Å². The number of anilines is 1. The Kier molecular flexibility index (Phi) is 4.86. The largest absolute Gasteiger partial charge is 0.492 e. The summed E-state index contributed by atoms with van der Waals surface area (Å²) in [4.78, 5) is 25.8. The number of aromatic carboxylic acids is 1. The van der Waals surface area contributed by atoms with E-state index < -0.39 is 17.2 Å². The average molecular weight is 363 g/mol. The third kappa shape index (κ3) is 2.80. The molecule has 2 aromatic rings. The zero-order chi connectivity index (χ0) is 19.0. The van der Waals surface area contributed by atoms with Crippen molar-refractivity contribution in [3.63, 3.8) is 0 Å². The fourth-order valence-corrected chi connectivity index (χ4v) is 3.58. The van der Waals surface area contributed by atoms with Crippen LogP contribution in [-0.2, 0) is 6.54 Å². The molecule has 2 heterocycles. The van der Waals surface area contributed by atoms with Crippen molar-refractivity contribution in [3.05, 3.63) is 33.9 Å². The Morgan fingerprint density at radius 3 is 2.77 bits per heavy atom. The van der Waals surface area contributed by atoms with E-state index in [0.29, 0.717) is 30.8 Å². The summed E-state index contributed by atoms with van der Waals surface area (Å²) >= 11 is 0. The molecule has 8 heteroatoms. The molecule has 0 amide bonds. The molecule has 1 unspecified atom stereocenters. The summed E-state index contributed by atoms with van der Waals surface area (Å²) in [5.74, 6) is -1.67. The molecule has 1 aliphatic heterocycles. The molecule has 0 radical (unpaired) electrons. The molecular weight excluding hydrogens is 341 g/mol. The van der Waals surface area contributed by atoms with Gasteiger partial charge in [0.15, 0.2) is 11.6 Å². The smallest absolute Gasteiger partial charge is 0.341 e. The summed E-state index contributed by atoms with van der Waals surface area (Å²) in [6.07, 6.45) is 2.16. The zero-order valence-electron chi connectivity index (χ0n) is 15.0. The van der Waals surface area contributed by atoms with Gasteiger partial charge in [-0.05, 0) is 26.5 Å². The van der Waals surface area contributed by atoms with Gasteiger partial charge in [-0.3, -0.25) is 4.79 Å². The van der Waals surface area contributed by atoms with Gasteiger partial charge < -0.3 is 24.6 Å². The fraction of sp³-hybridized carbons (Fsp3) is 0.444. The maximum absolute atomic E-state index is 15.0. The van der Waals surface area contributed by atoms with Crippen LogP contribution < -0.4 is 20.4 Å². The van der Waals surface area contributed by atoms with Gasteiger partial charge in [0.05, 0.1) is 18.0 Å². The normalized spacial score (nSPS) is 17.1. The first-order valence-electron chi connectivity index (χ1n) is 8.52. The van der Waals surface area contributed by atoms with Crippen LogP contribution in [0.1, 0.15) is 23.7 Å². The second-order valence-corrected chi connectivity index (χ2v) is 6.32. The number of pyridine rings is 1. The Morgan fingerprint density at radius 1 is 1.50 bits per heavy atom. The summed E-state index contributed by atoms with van der Waals surface area (Å²) < 4.78 is 22.1. The average Bonchev–Trinajstić information content (AvgIpc) is 3.09. The van der Waals surface area contributed by atoms with E-state index in [2.05, 4.69) is 5.32 Å². The predicted octanol–water partition coefficient (Wildman–Crippen LogP) is 1.67. The molecule has 1 aromatic carbocycles. The Balaban J connectivity index is 2.33. The third-order valence-electron chi connectivity index (χ3n) is 4.93. The number of aryl methyl sites for hydroxylation is 1. The monoisotopic (exact) mass is 363 g/mol. The van der Waals surface area contributed by atoms with Gasteiger partial charge in [-0.25, -0.2) is 9.18 Å². The molecule has 1 aromatic heterocycles. The van der Waals surface area contributed by atoms with E-state index in [1.54, 1.807) is 4.57 Å². The Bertz CT molecular complexity index is 925. The van der Waals surface area contributed by atoms with Crippen LogP contribution in [-0.4, -0.2) is 48.9 Å². The van der Waals surface area contributed by atoms with Crippen molar-refractivity contribution in [2.24, 2.45) is 0 Å². The Hall–Kier alpha value is -2.61. The Labute approximate surface area is 150 Å². The minimum atomic E-state index is -1.33. The molecule has 1 saturated heterocycles. The van der Waals surface area contributed by atoms with Gasteiger partial charge in [-0.1, -0.05) is 0 Å². The quantitative estimate of drug-likeness (QED) is 0.841. The van der Waals surface area contributed by atoms with Gasteiger partial charge in [-0.2, -0.15) is 0 Å². The minimum absolute atomic E-state index is 0.00853. The molecule has 0 spiro atoms. The van der Waals surface area contributed by atoms with Crippen molar-refractivity contribution in [1.82, 2.24) is 9.88 Å². The number of hydrogen-bond acceptors (Lipinski definition) is 5. The number of nitrogens with zero attached hydrogens (tertiary/aromatic N) is 2. The SMILES string of the molecule is CCn1cc(C(=O)O)c(=O)c2cc(F)c(N3CCC(NC)C3)c(OC)c21. The molecule has 1 atom stereocenters. The van der Waals surface area contributed by atoms with E-state index in [1.807, 2.05) is 18.9 Å². The number of benzene rings is 1. The van der Waals surface area contributed by atoms with Gasteiger partial charge in [0, 0.05) is 31.9 Å². The van der Waals surface area contributed by atoms with Crippen LogP contribution in [0.4, 0.5) is 10.1 Å². The molecule has 7 nitrogen and oxygen atoms in total. The Morgan fingerprint density at radius 2 is 2.23 bits per heavy atom. The van der Waals surface area contributed by atoms with Gasteiger partial charge in [0.2, 0.25) is 5.43 Å². The van der Waals surface area contributed by atoms with E-state index in [9.17, 15) is 19.1 Å². The number of rotatable bonds is 5. The number of halogens is 1. The highest BCUT2D eigenvalue weighted by Gasteiger charge is 2.29. The second kappa shape index (κ2) is 6.95. The molecule has 0 bridgehead atoms. The van der Waals surface area contributed by atoms with Crippen molar-refractivity contribution in [2.75, 3.05) is 32.1 Å². The number of ether oxygens (including phenoxy) is 1. The van der Waals surface area contributed by atoms with Crippen LogP contribution in [0.2, 0.25) is 0 Å². The number of aromatic nitrogens is 1. The second-order valence-electron chi connectivity index (χ2n) is 6.32. The number of carbonyl (C=O) groups is 1. The van der Waals surface area contributed by atoms with Crippen molar-refractivity contribution >= 4 is 22.6 Å². The van der Waals surface area contributed by atoms with Crippen LogP contribution in [0, 0.1) is 5.82 Å². The molecule has 0 saturated carbocycles. The lowest BCUT2D eigenvalue weighted by atomic mass is 10.1. The lowest BCUT2D eigenvalue weighted by Gasteiger charge is -2.24. The minimum Gasteiger partial charge on any atom is -0.492 e. The number of carboxylic acid groups (broad SMARTS) is 1. The van der Waals surface area contributed by atoms with Crippen molar-refractivity contribution < 1.29 is 19.0 Å². The highest BCUT2D eigenvalue weighted by Crippen LogP contribution is 2.39. The van der Waals surface area contributed by atoms with Gasteiger partial charge in [-0.15, -0.1) is 0 Å². The summed E-state index contributed by atoms with van der Waals surface area (Å²) in [5.41, 5.74) is -0.378. The van der Waals surface area contributed by atoms with Crippen molar-refractivity contribution in [1.29, 1.82) is 0 Å². The maximum atomic E-state index is 15.0.